The van der Waals surface area contributed by atoms with E-state index in [1.807, 2.05) is 49.5 Å². The molecule has 0 spiro atoms. The van der Waals surface area contributed by atoms with E-state index >= 15 is 0 Å². The summed E-state index contributed by atoms with van der Waals surface area (Å²) in [5, 5.41) is 0.993. The number of hydrogen-bond donors (Lipinski definition) is 0. The fourth-order valence-corrected chi connectivity index (χ4v) is 3.53. The molecule has 1 saturated heterocycles. The van der Waals surface area contributed by atoms with E-state index < -0.39 is 0 Å². The third-order valence-electron chi connectivity index (χ3n) is 4.08. The smallest absolute Gasteiger partial charge is 0.205 e. The van der Waals surface area contributed by atoms with E-state index in [0.717, 1.165) is 54.3 Å². The molecule has 1 aliphatic rings. The van der Waals surface area contributed by atoms with E-state index in [4.69, 9.17) is 4.98 Å². The molecular formula is C17H18N6S. The summed E-state index contributed by atoms with van der Waals surface area (Å²) < 4.78 is 4.51. The zero-order valence-electron chi connectivity index (χ0n) is 13.5. The third-order valence-corrected chi connectivity index (χ3v) is 4.86. The Hall–Kier alpha value is -2.54. The van der Waals surface area contributed by atoms with Crippen LogP contribution in [0.5, 0.6) is 0 Å². The molecule has 0 unspecified atom stereocenters. The summed E-state index contributed by atoms with van der Waals surface area (Å²) in [6.07, 6.45) is 1.82. The minimum atomic E-state index is 0.810. The van der Waals surface area contributed by atoms with Crippen molar-refractivity contribution in [1.29, 1.82) is 0 Å². The predicted octanol–water partition coefficient (Wildman–Crippen LogP) is 2.63. The quantitative estimate of drug-likeness (QED) is 0.732. The maximum Gasteiger partial charge on any atom is 0.205 e. The van der Waals surface area contributed by atoms with Crippen molar-refractivity contribution >= 4 is 22.5 Å². The van der Waals surface area contributed by atoms with Gasteiger partial charge in [-0.1, -0.05) is 30.3 Å². The molecule has 3 aromatic rings. The number of benzene rings is 1. The number of anilines is 2. The van der Waals surface area contributed by atoms with Gasteiger partial charge in [0.05, 0.1) is 0 Å². The first-order valence-corrected chi connectivity index (χ1v) is 8.75. The van der Waals surface area contributed by atoms with Crippen LogP contribution in [-0.4, -0.2) is 45.5 Å². The van der Waals surface area contributed by atoms with Crippen LogP contribution in [0.25, 0.3) is 11.4 Å². The number of aromatic nitrogens is 4. The summed E-state index contributed by atoms with van der Waals surface area (Å²) >= 11 is 1.47. The lowest BCUT2D eigenvalue weighted by molar-refractivity contribution is 0.644. The van der Waals surface area contributed by atoms with E-state index in [0.29, 0.717) is 0 Å². The van der Waals surface area contributed by atoms with Crippen molar-refractivity contribution in [2.24, 2.45) is 0 Å². The van der Waals surface area contributed by atoms with Crippen LogP contribution >= 0.6 is 11.5 Å². The van der Waals surface area contributed by atoms with Gasteiger partial charge in [0.2, 0.25) is 5.13 Å². The molecule has 7 heteroatoms. The third kappa shape index (κ3) is 3.07. The molecule has 0 amide bonds. The minimum absolute atomic E-state index is 0.810. The van der Waals surface area contributed by atoms with Gasteiger partial charge in [-0.25, -0.2) is 9.97 Å². The van der Waals surface area contributed by atoms with Gasteiger partial charge in [-0.3, -0.25) is 0 Å². The number of nitrogens with zero attached hydrogens (tertiary/aromatic N) is 6. The van der Waals surface area contributed by atoms with Crippen LogP contribution in [0.3, 0.4) is 0 Å². The van der Waals surface area contributed by atoms with Crippen LogP contribution in [0.4, 0.5) is 10.9 Å². The Labute approximate surface area is 145 Å². The maximum absolute atomic E-state index is 4.71. The first-order chi connectivity index (χ1) is 11.8. The Bertz CT molecular complexity index is 811. The lowest BCUT2D eigenvalue weighted by Crippen LogP contribution is -2.46. The molecule has 3 heterocycles. The van der Waals surface area contributed by atoms with Gasteiger partial charge in [-0.05, 0) is 13.0 Å². The van der Waals surface area contributed by atoms with E-state index in [2.05, 4.69) is 24.1 Å². The van der Waals surface area contributed by atoms with Crippen molar-refractivity contribution in [2.45, 2.75) is 6.92 Å². The fourth-order valence-electron chi connectivity index (χ4n) is 2.80. The Morgan fingerprint density at radius 2 is 1.67 bits per heavy atom. The minimum Gasteiger partial charge on any atom is -0.353 e. The van der Waals surface area contributed by atoms with Gasteiger partial charge in [0, 0.05) is 49.5 Å². The molecule has 0 aliphatic carbocycles. The van der Waals surface area contributed by atoms with Crippen LogP contribution in [0.2, 0.25) is 0 Å². The maximum atomic E-state index is 4.71. The molecule has 1 aliphatic heterocycles. The molecule has 6 nitrogen and oxygen atoms in total. The molecule has 0 bridgehead atoms. The second kappa shape index (κ2) is 6.52. The van der Waals surface area contributed by atoms with Crippen LogP contribution in [0.1, 0.15) is 5.82 Å². The zero-order chi connectivity index (χ0) is 16.4. The van der Waals surface area contributed by atoms with Gasteiger partial charge in [0.1, 0.15) is 11.6 Å². The number of rotatable bonds is 3. The van der Waals surface area contributed by atoms with Crippen LogP contribution in [-0.2, 0) is 0 Å². The molecule has 0 radical (unpaired) electrons. The number of aryl methyl sites for hydroxylation is 1. The lowest BCUT2D eigenvalue weighted by Gasteiger charge is -2.35. The summed E-state index contributed by atoms with van der Waals surface area (Å²) in [4.78, 5) is 18.0. The highest BCUT2D eigenvalue weighted by Gasteiger charge is 2.21. The summed E-state index contributed by atoms with van der Waals surface area (Å²) in [5.41, 5.74) is 1.06. The molecule has 4 rings (SSSR count). The fraction of sp³-hybridized carbons (Fsp3) is 0.294. The van der Waals surface area contributed by atoms with Gasteiger partial charge < -0.3 is 9.80 Å². The normalized spacial score (nSPS) is 14.9. The average Bonchev–Trinajstić information content (AvgIpc) is 3.13. The monoisotopic (exact) mass is 338 g/mol. The van der Waals surface area contributed by atoms with Gasteiger partial charge in [0.25, 0.3) is 0 Å². The molecule has 0 saturated carbocycles. The first kappa shape index (κ1) is 15.0. The van der Waals surface area contributed by atoms with Crippen molar-refractivity contribution < 1.29 is 0 Å². The van der Waals surface area contributed by atoms with Gasteiger partial charge in [0.15, 0.2) is 5.82 Å². The van der Waals surface area contributed by atoms with Crippen molar-refractivity contribution in [1.82, 2.24) is 19.3 Å². The average molecular weight is 338 g/mol. The van der Waals surface area contributed by atoms with Crippen LogP contribution < -0.4 is 9.80 Å². The van der Waals surface area contributed by atoms with Crippen molar-refractivity contribution in [2.75, 3.05) is 36.0 Å². The van der Waals surface area contributed by atoms with E-state index in [1.165, 1.54) is 11.5 Å². The SMILES string of the molecule is Cc1nccc(N2CCN(c3nc(-c4ccccc4)ns3)CC2)n1. The second-order valence-corrected chi connectivity index (χ2v) is 6.43. The largest absolute Gasteiger partial charge is 0.353 e. The van der Waals surface area contributed by atoms with Crippen molar-refractivity contribution in [3.8, 4) is 11.4 Å². The highest BCUT2D eigenvalue weighted by Crippen LogP contribution is 2.25. The topological polar surface area (TPSA) is 58.0 Å². The lowest BCUT2D eigenvalue weighted by atomic mass is 10.2. The molecule has 1 fully saturated rings. The highest BCUT2D eigenvalue weighted by atomic mass is 32.1. The number of hydrogen-bond acceptors (Lipinski definition) is 7. The molecule has 0 N–H and O–H groups in total. The molecule has 122 valence electrons. The molecule has 2 aromatic heterocycles. The zero-order valence-corrected chi connectivity index (χ0v) is 14.3. The summed E-state index contributed by atoms with van der Waals surface area (Å²) in [7, 11) is 0. The van der Waals surface area contributed by atoms with E-state index in [-0.39, 0.29) is 0 Å². The molecule has 1 aromatic carbocycles. The Balaban J connectivity index is 1.44. The Morgan fingerprint density at radius 1 is 0.917 bits per heavy atom. The highest BCUT2D eigenvalue weighted by molar-refractivity contribution is 7.09. The van der Waals surface area contributed by atoms with Crippen LogP contribution in [0.15, 0.2) is 42.6 Å². The van der Waals surface area contributed by atoms with Crippen molar-refractivity contribution in [3.05, 3.63) is 48.4 Å². The van der Waals surface area contributed by atoms with E-state index in [9.17, 15) is 0 Å². The summed E-state index contributed by atoms with van der Waals surface area (Å²) in [6, 6.07) is 12.1. The Morgan fingerprint density at radius 3 is 2.42 bits per heavy atom. The first-order valence-electron chi connectivity index (χ1n) is 7.98. The Kier molecular flexibility index (Phi) is 4.08. The summed E-state index contributed by atoms with van der Waals surface area (Å²) in [6.45, 7) is 5.62. The van der Waals surface area contributed by atoms with Crippen LogP contribution in [0, 0.1) is 6.92 Å². The second-order valence-electron chi connectivity index (χ2n) is 5.70. The molecule has 24 heavy (non-hydrogen) atoms. The molecule has 0 atom stereocenters. The van der Waals surface area contributed by atoms with Gasteiger partial charge in [-0.15, -0.1) is 0 Å². The predicted molar refractivity (Wildman–Crippen MR) is 96.5 cm³/mol. The summed E-state index contributed by atoms with van der Waals surface area (Å²) in [5.74, 6) is 2.63. The number of piperazine rings is 1. The van der Waals surface area contributed by atoms with Gasteiger partial charge in [-0.2, -0.15) is 9.36 Å². The van der Waals surface area contributed by atoms with E-state index in [1.54, 1.807) is 0 Å². The van der Waals surface area contributed by atoms with Gasteiger partial charge >= 0.3 is 0 Å². The molecular weight excluding hydrogens is 320 g/mol. The standard InChI is InChI=1S/C17H18N6S/c1-13-18-8-7-15(19-13)22-9-11-23(12-10-22)17-20-16(21-24-17)14-5-3-2-4-6-14/h2-8H,9-12H2,1H3. The van der Waals surface area contributed by atoms with Crippen molar-refractivity contribution in [3.63, 3.8) is 0 Å².